The standard InChI is InChI=1S/C16H15N3O/c17-15-13(16(18)20)9-14(19-15)12-7-6-10-4-2-1-3-5-11(10)8-12/h2-9,19H,1,17H2,(H2,18,20). The van der Waals surface area contributed by atoms with Crippen molar-refractivity contribution in [1.29, 1.82) is 0 Å². The zero-order chi connectivity index (χ0) is 14.1. The summed E-state index contributed by atoms with van der Waals surface area (Å²) >= 11 is 0. The van der Waals surface area contributed by atoms with Gasteiger partial charge in [0.05, 0.1) is 5.56 Å². The van der Waals surface area contributed by atoms with Gasteiger partial charge in [-0.2, -0.15) is 0 Å². The van der Waals surface area contributed by atoms with Crippen LogP contribution in [0.3, 0.4) is 0 Å². The first-order valence-corrected chi connectivity index (χ1v) is 6.41. The Balaban J connectivity index is 2.07. The number of hydrogen-bond donors (Lipinski definition) is 3. The quantitative estimate of drug-likeness (QED) is 0.780. The van der Waals surface area contributed by atoms with Crippen molar-refractivity contribution in [3.8, 4) is 11.3 Å². The third-order valence-corrected chi connectivity index (χ3v) is 3.38. The molecule has 4 heteroatoms. The van der Waals surface area contributed by atoms with Crippen LogP contribution in [0.5, 0.6) is 0 Å². The zero-order valence-corrected chi connectivity index (χ0v) is 10.9. The molecule has 0 atom stereocenters. The summed E-state index contributed by atoms with van der Waals surface area (Å²) < 4.78 is 0. The van der Waals surface area contributed by atoms with E-state index in [-0.39, 0.29) is 0 Å². The maximum absolute atomic E-state index is 11.2. The van der Waals surface area contributed by atoms with Crippen LogP contribution in [0.4, 0.5) is 5.82 Å². The highest BCUT2D eigenvalue weighted by Gasteiger charge is 2.12. The van der Waals surface area contributed by atoms with Gasteiger partial charge < -0.3 is 16.5 Å². The number of anilines is 1. The number of H-pyrrole nitrogens is 1. The number of rotatable bonds is 2. The molecule has 1 aliphatic rings. The van der Waals surface area contributed by atoms with Gasteiger partial charge in [-0.05, 0) is 35.2 Å². The summed E-state index contributed by atoms with van der Waals surface area (Å²) in [6, 6.07) is 7.81. The minimum absolute atomic E-state index is 0.304. The number of allylic oxidation sites excluding steroid dienone is 2. The van der Waals surface area contributed by atoms with Gasteiger partial charge >= 0.3 is 0 Å². The summed E-state index contributed by atoms with van der Waals surface area (Å²) in [5.41, 5.74) is 15.5. The lowest BCUT2D eigenvalue weighted by Crippen LogP contribution is -2.11. The molecule has 0 spiro atoms. The van der Waals surface area contributed by atoms with Gasteiger partial charge in [-0.1, -0.05) is 36.4 Å². The monoisotopic (exact) mass is 265 g/mol. The average Bonchev–Trinajstić information content (AvgIpc) is 2.68. The number of hydrogen-bond acceptors (Lipinski definition) is 2. The maximum Gasteiger partial charge on any atom is 0.252 e. The van der Waals surface area contributed by atoms with Crippen LogP contribution in [0.25, 0.3) is 23.4 Å². The fraction of sp³-hybridized carbons (Fsp3) is 0.0625. The molecule has 4 nitrogen and oxygen atoms in total. The van der Waals surface area contributed by atoms with Crippen molar-refractivity contribution in [2.45, 2.75) is 6.42 Å². The van der Waals surface area contributed by atoms with Crippen molar-refractivity contribution < 1.29 is 4.79 Å². The molecule has 1 amide bonds. The maximum atomic E-state index is 11.2. The minimum atomic E-state index is -0.525. The van der Waals surface area contributed by atoms with Crippen molar-refractivity contribution in [3.63, 3.8) is 0 Å². The zero-order valence-electron chi connectivity index (χ0n) is 10.9. The molecule has 0 bridgehead atoms. The Bertz CT molecular complexity index is 738. The van der Waals surface area contributed by atoms with Crippen molar-refractivity contribution >= 4 is 23.9 Å². The summed E-state index contributed by atoms with van der Waals surface area (Å²) in [5, 5.41) is 0. The van der Waals surface area contributed by atoms with Crippen LogP contribution in [-0.4, -0.2) is 10.9 Å². The van der Waals surface area contributed by atoms with E-state index < -0.39 is 5.91 Å². The molecule has 1 aromatic heterocycles. The second-order valence-corrected chi connectivity index (χ2v) is 4.76. The molecular formula is C16H15N3O. The van der Waals surface area contributed by atoms with E-state index in [0.717, 1.165) is 23.2 Å². The fourth-order valence-electron chi connectivity index (χ4n) is 2.34. The van der Waals surface area contributed by atoms with Gasteiger partial charge in [0.15, 0.2) is 0 Å². The van der Waals surface area contributed by atoms with E-state index in [1.165, 1.54) is 5.56 Å². The third-order valence-electron chi connectivity index (χ3n) is 3.38. The number of aromatic amines is 1. The molecule has 0 radical (unpaired) electrons. The molecule has 2 aromatic rings. The molecule has 0 unspecified atom stereocenters. The lowest BCUT2D eigenvalue weighted by atomic mass is 10.0. The molecule has 0 saturated heterocycles. The van der Waals surface area contributed by atoms with Crippen molar-refractivity contribution in [2.75, 3.05) is 5.73 Å². The van der Waals surface area contributed by atoms with Gasteiger partial charge in [-0.25, -0.2) is 0 Å². The average molecular weight is 265 g/mol. The Morgan fingerprint density at radius 2 is 1.85 bits per heavy atom. The number of fused-ring (bicyclic) bond motifs is 1. The predicted molar refractivity (Wildman–Crippen MR) is 81.8 cm³/mol. The smallest absolute Gasteiger partial charge is 0.252 e. The summed E-state index contributed by atoms with van der Waals surface area (Å²) in [4.78, 5) is 14.2. The van der Waals surface area contributed by atoms with Crippen molar-refractivity contribution in [3.05, 3.63) is 53.1 Å². The molecule has 1 heterocycles. The lowest BCUT2D eigenvalue weighted by Gasteiger charge is -2.04. The second-order valence-electron chi connectivity index (χ2n) is 4.76. The SMILES string of the molecule is NC(=O)c1cc(-c2ccc3c(c2)C=CCC=C3)[nH]c1N. The highest BCUT2D eigenvalue weighted by atomic mass is 16.1. The van der Waals surface area contributed by atoms with E-state index in [2.05, 4.69) is 41.4 Å². The molecule has 0 saturated carbocycles. The Labute approximate surface area is 116 Å². The van der Waals surface area contributed by atoms with Gasteiger partial charge in [-0.3, -0.25) is 4.79 Å². The van der Waals surface area contributed by atoms with E-state index in [9.17, 15) is 4.79 Å². The first-order valence-electron chi connectivity index (χ1n) is 6.41. The topological polar surface area (TPSA) is 84.9 Å². The van der Waals surface area contributed by atoms with Crippen LogP contribution >= 0.6 is 0 Å². The van der Waals surface area contributed by atoms with E-state index in [1.54, 1.807) is 6.07 Å². The van der Waals surface area contributed by atoms with E-state index in [0.29, 0.717) is 11.4 Å². The number of amides is 1. The van der Waals surface area contributed by atoms with Gasteiger partial charge in [0.1, 0.15) is 5.82 Å². The number of nitrogens with two attached hydrogens (primary N) is 2. The van der Waals surface area contributed by atoms with E-state index >= 15 is 0 Å². The Morgan fingerprint density at radius 1 is 1.10 bits per heavy atom. The Hall–Kier alpha value is -2.75. The molecule has 20 heavy (non-hydrogen) atoms. The molecule has 0 fully saturated rings. The summed E-state index contributed by atoms with van der Waals surface area (Å²) in [6.45, 7) is 0. The predicted octanol–water partition coefficient (Wildman–Crippen LogP) is 2.79. The second kappa shape index (κ2) is 4.74. The highest BCUT2D eigenvalue weighted by molar-refractivity contribution is 5.99. The fourth-order valence-corrected chi connectivity index (χ4v) is 2.34. The Morgan fingerprint density at radius 3 is 2.55 bits per heavy atom. The van der Waals surface area contributed by atoms with Crippen LogP contribution in [0.15, 0.2) is 36.4 Å². The molecule has 1 aliphatic carbocycles. The van der Waals surface area contributed by atoms with E-state index in [1.807, 2.05) is 6.07 Å². The molecule has 100 valence electrons. The van der Waals surface area contributed by atoms with Crippen molar-refractivity contribution in [1.82, 2.24) is 4.98 Å². The van der Waals surface area contributed by atoms with Crippen LogP contribution in [-0.2, 0) is 0 Å². The number of benzene rings is 1. The third kappa shape index (κ3) is 2.12. The molecule has 5 N–H and O–H groups in total. The minimum Gasteiger partial charge on any atom is -0.385 e. The molecular weight excluding hydrogens is 250 g/mol. The number of nitrogen functional groups attached to an aromatic ring is 1. The molecule has 1 aromatic carbocycles. The van der Waals surface area contributed by atoms with Gasteiger partial charge in [0, 0.05) is 5.69 Å². The number of primary amides is 1. The van der Waals surface area contributed by atoms with Gasteiger partial charge in [-0.15, -0.1) is 0 Å². The van der Waals surface area contributed by atoms with Gasteiger partial charge in [0.25, 0.3) is 5.91 Å². The summed E-state index contributed by atoms with van der Waals surface area (Å²) in [7, 11) is 0. The van der Waals surface area contributed by atoms with E-state index in [4.69, 9.17) is 11.5 Å². The van der Waals surface area contributed by atoms with Crippen LogP contribution < -0.4 is 11.5 Å². The summed E-state index contributed by atoms with van der Waals surface area (Å²) in [6.07, 6.45) is 9.38. The summed E-state index contributed by atoms with van der Waals surface area (Å²) in [5.74, 6) is -0.222. The first-order chi connectivity index (χ1) is 9.65. The van der Waals surface area contributed by atoms with Crippen LogP contribution in [0.2, 0.25) is 0 Å². The largest absolute Gasteiger partial charge is 0.385 e. The highest BCUT2D eigenvalue weighted by Crippen LogP contribution is 2.27. The number of carbonyl (C=O) groups is 1. The van der Waals surface area contributed by atoms with Gasteiger partial charge in [0.2, 0.25) is 0 Å². The van der Waals surface area contributed by atoms with Crippen LogP contribution in [0, 0.1) is 0 Å². The number of aromatic nitrogens is 1. The van der Waals surface area contributed by atoms with Crippen LogP contribution in [0.1, 0.15) is 27.9 Å². The molecule has 3 rings (SSSR count). The Kier molecular flexibility index (Phi) is 2.91. The lowest BCUT2D eigenvalue weighted by molar-refractivity contribution is 0.100. The van der Waals surface area contributed by atoms with Crippen molar-refractivity contribution in [2.24, 2.45) is 5.73 Å². The first kappa shape index (κ1) is 12.3. The number of carbonyl (C=O) groups excluding carboxylic acids is 1. The number of nitrogens with one attached hydrogen (secondary N) is 1. The normalized spacial score (nSPS) is 13.0. The molecule has 0 aliphatic heterocycles.